The molecule has 116 valence electrons. The topological polar surface area (TPSA) is 54.4 Å². The second kappa shape index (κ2) is 14.5. The highest BCUT2D eigenvalue weighted by Crippen LogP contribution is 2.06. The van der Waals surface area contributed by atoms with Crippen LogP contribution in [0.25, 0.3) is 6.08 Å². The van der Waals surface area contributed by atoms with E-state index in [0.717, 1.165) is 24.7 Å². The zero-order valence-corrected chi connectivity index (χ0v) is 12.8. The van der Waals surface area contributed by atoms with E-state index >= 15 is 0 Å². The first-order valence-corrected chi connectivity index (χ1v) is 7.59. The number of carboxylic acid groups (broad SMARTS) is 1. The van der Waals surface area contributed by atoms with E-state index in [-0.39, 0.29) is 0 Å². The number of allylic oxidation sites excluding steroid dienone is 1. The summed E-state index contributed by atoms with van der Waals surface area (Å²) in [6, 6.07) is 9.70. The Labute approximate surface area is 127 Å². The Balaban J connectivity index is 0.000000382. The van der Waals surface area contributed by atoms with E-state index < -0.39 is 5.97 Å². The summed E-state index contributed by atoms with van der Waals surface area (Å²) in [5.74, 6) is -0.666. The largest absolute Gasteiger partial charge is 0.481 e. The molecule has 3 nitrogen and oxygen atoms in total. The monoisotopic (exact) mass is 290 g/mol. The molecule has 1 N–H and O–H groups in total. The molecule has 0 aromatic heterocycles. The van der Waals surface area contributed by atoms with Crippen molar-refractivity contribution in [2.45, 2.75) is 51.9 Å². The van der Waals surface area contributed by atoms with Crippen molar-refractivity contribution in [3.63, 3.8) is 0 Å². The molecule has 0 aliphatic carbocycles. The van der Waals surface area contributed by atoms with Gasteiger partial charge in [0, 0.05) is 6.42 Å². The van der Waals surface area contributed by atoms with Gasteiger partial charge in [-0.25, -0.2) is 0 Å². The van der Waals surface area contributed by atoms with E-state index in [1.165, 1.54) is 31.8 Å². The molecule has 0 heterocycles. The zero-order valence-electron chi connectivity index (χ0n) is 12.8. The van der Waals surface area contributed by atoms with Gasteiger partial charge < -0.3 is 5.11 Å². The van der Waals surface area contributed by atoms with E-state index in [2.05, 4.69) is 6.92 Å². The maximum atomic E-state index is 10.1. The normalized spacial score (nSPS) is 9.95. The summed E-state index contributed by atoms with van der Waals surface area (Å²) < 4.78 is 0. The van der Waals surface area contributed by atoms with E-state index in [0.29, 0.717) is 6.42 Å². The third-order valence-corrected chi connectivity index (χ3v) is 2.91. The average molecular weight is 290 g/mol. The molecule has 0 saturated heterocycles. The fourth-order valence-corrected chi connectivity index (χ4v) is 1.77. The minimum absolute atomic E-state index is 0.339. The van der Waals surface area contributed by atoms with Crippen LogP contribution in [0.15, 0.2) is 36.4 Å². The Morgan fingerprint density at radius 2 is 1.67 bits per heavy atom. The van der Waals surface area contributed by atoms with Crippen molar-refractivity contribution >= 4 is 18.3 Å². The number of hydrogen-bond donors (Lipinski definition) is 1. The molecule has 0 atom stereocenters. The Kier molecular flexibility index (Phi) is 13.2. The number of carboxylic acids is 1. The van der Waals surface area contributed by atoms with Gasteiger partial charge in [0.25, 0.3) is 0 Å². The van der Waals surface area contributed by atoms with Gasteiger partial charge in [-0.2, -0.15) is 0 Å². The second-order valence-electron chi connectivity index (χ2n) is 4.82. The van der Waals surface area contributed by atoms with Crippen molar-refractivity contribution in [3.05, 3.63) is 42.0 Å². The predicted molar refractivity (Wildman–Crippen MR) is 87.2 cm³/mol. The van der Waals surface area contributed by atoms with Crippen LogP contribution in [-0.4, -0.2) is 17.4 Å². The van der Waals surface area contributed by atoms with Gasteiger partial charge in [0.15, 0.2) is 0 Å². The highest BCUT2D eigenvalue weighted by molar-refractivity contribution is 5.73. The van der Waals surface area contributed by atoms with Crippen LogP contribution in [0, 0.1) is 0 Å². The minimum Gasteiger partial charge on any atom is -0.481 e. The first-order chi connectivity index (χ1) is 10.2. The average Bonchev–Trinajstić information content (AvgIpc) is 2.50. The SMILES string of the molecule is CCCCCCCCC(=O)O.O=CC=Cc1ccccc1. The molecule has 1 aromatic carbocycles. The second-order valence-corrected chi connectivity index (χ2v) is 4.82. The molecular formula is C18H26O3. The lowest BCUT2D eigenvalue weighted by molar-refractivity contribution is -0.137. The van der Waals surface area contributed by atoms with Gasteiger partial charge in [-0.3, -0.25) is 9.59 Å². The Morgan fingerprint density at radius 3 is 2.24 bits per heavy atom. The fraction of sp³-hybridized carbons (Fsp3) is 0.444. The molecule has 0 radical (unpaired) electrons. The number of unbranched alkanes of at least 4 members (excludes halogenated alkanes) is 5. The Hall–Kier alpha value is -1.90. The van der Waals surface area contributed by atoms with Crippen LogP contribution < -0.4 is 0 Å². The van der Waals surface area contributed by atoms with Gasteiger partial charge >= 0.3 is 5.97 Å². The van der Waals surface area contributed by atoms with Gasteiger partial charge in [-0.15, -0.1) is 0 Å². The molecular weight excluding hydrogens is 264 g/mol. The van der Waals surface area contributed by atoms with Crippen LogP contribution in [-0.2, 0) is 9.59 Å². The van der Waals surface area contributed by atoms with Crippen molar-refractivity contribution in [1.82, 2.24) is 0 Å². The lowest BCUT2D eigenvalue weighted by atomic mass is 10.1. The van der Waals surface area contributed by atoms with E-state index in [4.69, 9.17) is 5.11 Å². The minimum atomic E-state index is -0.666. The van der Waals surface area contributed by atoms with Gasteiger partial charge in [0.05, 0.1) is 0 Å². The molecule has 0 aliphatic rings. The van der Waals surface area contributed by atoms with Gasteiger partial charge in [-0.05, 0) is 18.1 Å². The zero-order chi connectivity index (χ0) is 15.8. The molecule has 0 amide bonds. The highest BCUT2D eigenvalue weighted by Gasteiger charge is 1.95. The third-order valence-electron chi connectivity index (χ3n) is 2.91. The summed E-state index contributed by atoms with van der Waals surface area (Å²) in [4.78, 5) is 20.0. The van der Waals surface area contributed by atoms with Crippen molar-refractivity contribution < 1.29 is 14.7 Å². The van der Waals surface area contributed by atoms with Crippen LogP contribution in [0.3, 0.4) is 0 Å². The van der Waals surface area contributed by atoms with E-state index in [1.54, 1.807) is 6.08 Å². The molecule has 1 aromatic rings. The molecule has 0 bridgehead atoms. The van der Waals surface area contributed by atoms with Crippen LogP contribution >= 0.6 is 0 Å². The van der Waals surface area contributed by atoms with Gasteiger partial charge in [0.2, 0.25) is 0 Å². The summed E-state index contributed by atoms with van der Waals surface area (Å²) in [7, 11) is 0. The summed E-state index contributed by atoms with van der Waals surface area (Å²) in [6.07, 6.45) is 11.3. The van der Waals surface area contributed by atoms with Gasteiger partial charge in [0.1, 0.15) is 6.29 Å². The molecule has 21 heavy (non-hydrogen) atoms. The number of rotatable bonds is 9. The first-order valence-electron chi connectivity index (χ1n) is 7.59. The summed E-state index contributed by atoms with van der Waals surface area (Å²) >= 11 is 0. The van der Waals surface area contributed by atoms with E-state index in [9.17, 15) is 9.59 Å². The van der Waals surface area contributed by atoms with Gasteiger partial charge in [-0.1, -0.05) is 75.4 Å². The number of benzene rings is 1. The van der Waals surface area contributed by atoms with E-state index in [1.807, 2.05) is 30.3 Å². The lowest BCUT2D eigenvalue weighted by Crippen LogP contribution is -1.93. The third kappa shape index (κ3) is 14.3. The maximum Gasteiger partial charge on any atom is 0.303 e. The standard InChI is InChI=1S/C9H18O2.C9H8O/c1-2-3-4-5-6-7-8-9(10)11;10-8-4-7-9-5-2-1-3-6-9/h2-8H2,1H3,(H,10,11);1-8H. The number of carbonyl (C=O) groups excluding carboxylic acids is 1. The summed E-state index contributed by atoms with van der Waals surface area (Å²) in [5.41, 5.74) is 1.05. The van der Waals surface area contributed by atoms with Crippen LogP contribution in [0.1, 0.15) is 57.4 Å². The number of aldehydes is 1. The molecule has 0 aliphatic heterocycles. The number of hydrogen-bond acceptors (Lipinski definition) is 2. The molecule has 3 heteroatoms. The molecule has 0 fully saturated rings. The molecule has 0 saturated carbocycles. The highest BCUT2D eigenvalue weighted by atomic mass is 16.4. The summed E-state index contributed by atoms with van der Waals surface area (Å²) in [5, 5.41) is 8.32. The summed E-state index contributed by atoms with van der Waals surface area (Å²) in [6.45, 7) is 2.18. The Bertz CT molecular complexity index is 396. The van der Waals surface area contributed by atoms with Crippen LogP contribution in [0.5, 0.6) is 0 Å². The quantitative estimate of drug-likeness (QED) is 0.407. The lowest BCUT2D eigenvalue weighted by Gasteiger charge is -1.97. The van der Waals surface area contributed by atoms with Crippen LogP contribution in [0.4, 0.5) is 0 Å². The van der Waals surface area contributed by atoms with Crippen molar-refractivity contribution in [1.29, 1.82) is 0 Å². The molecule has 0 unspecified atom stereocenters. The van der Waals surface area contributed by atoms with Crippen molar-refractivity contribution in [2.24, 2.45) is 0 Å². The predicted octanol–water partition coefficient (Wildman–Crippen LogP) is 4.72. The molecule has 1 rings (SSSR count). The Morgan fingerprint density at radius 1 is 1.05 bits per heavy atom. The first kappa shape index (κ1) is 19.1. The van der Waals surface area contributed by atoms with Crippen molar-refractivity contribution in [3.8, 4) is 0 Å². The van der Waals surface area contributed by atoms with Crippen LogP contribution in [0.2, 0.25) is 0 Å². The fourth-order valence-electron chi connectivity index (χ4n) is 1.77. The number of aliphatic carboxylic acids is 1. The number of carbonyl (C=O) groups is 2. The molecule has 0 spiro atoms. The van der Waals surface area contributed by atoms with Crippen molar-refractivity contribution in [2.75, 3.05) is 0 Å². The smallest absolute Gasteiger partial charge is 0.303 e. The maximum absolute atomic E-state index is 10.1.